The van der Waals surface area contributed by atoms with E-state index in [2.05, 4.69) is 18.1 Å². The van der Waals surface area contributed by atoms with Crippen molar-refractivity contribution in [1.29, 1.82) is 0 Å². The van der Waals surface area contributed by atoms with E-state index < -0.39 is 0 Å². The van der Waals surface area contributed by atoms with Crippen LogP contribution in [-0.2, 0) is 0 Å². The quantitative estimate of drug-likeness (QED) is 0.820. The van der Waals surface area contributed by atoms with Gasteiger partial charge in [0.25, 0.3) is 0 Å². The Hall–Kier alpha value is -0.240. The van der Waals surface area contributed by atoms with Gasteiger partial charge in [0.1, 0.15) is 5.82 Å². The van der Waals surface area contributed by atoms with Crippen molar-refractivity contribution in [2.24, 2.45) is 0 Å². The minimum atomic E-state index is 0.433. The molecule has 0 spiro atoms. The van der Waals surface area contributed by atoms with Crippen molar-refractivity contribution in [3.8, 4) is 0 Å². The monoisotopic (exact) mass is 250 g/mol. The summed E-state index contributed by atoms with van der Waals surface area (Å²) in [4.78, 5) is 4.18. The summed E-state index contributed by atoms with van der Waals surface area (Å²) in [5.41, 5.74) is 0. The molecule has 2 rings (SSSR count). The van der Waals surface area contributed by atoms with Gasteiger partial charge in [0.2, 0.25) is 0 Å². The summed E-state index contributed by atoms with van der Waals surface area (Å²) in [7, 11) is 0. The minimum Gasteiger partial charge on any atom is -0.213 e. The first kappa shape index (κ1) is 9.32. The highest BCUT2D eigenvalue weighted by molar-refractivity contribution is 8.01. The van der Waals surface area contributed by atoms with E-state index in [1.807, 2.05) is 6.92 Å². The van der Waals surface area contributed by atoms with Crippen LogP contribution in [0.2, 0.25) is 5.15 Å². The van der Waals surface area contributed by atoms with E-state index in [9.17, 15) is 0 Å². The van der Waals surface area contributed by atoms with Crippen LogP contribution in [0.3, 0.4) is 0 Å². The molecule has 13 heavy (non-hydrogen) atoms. The molecule has 0 saturated carbocycles. The first-order chi connectivity index (χ1) is 6.25. The van der Waals surface area contributed by atoms with Crippen LogP contribution in [-0.4, -0.2) is 18.1 Å². The zero-order valence-corrected chi connectivity index (χ0v) is 9.60. The molecule has 8 heteroatoms. The number of rotatable bonds is 2. The van der Waals surface area contributed by atoms with Crippen molar-refractivity contribution < 1.29 is 0 Å². The van der Waals surface area contributed by atoms with Gasteiger partial charge in [-0.2, -0.15) is 13.1 Å². The molecule has 2 heterocycles. The van der Waals surface area contributed by atoms with Gasteiger partial charge in [0.05, 0.1) is 11.7 Å². The van der Waals surface area contributed by atoms with Crippen LogP contribution < -0.4 is 0 Å². The molecule has 0 aliphatic carbocycles. The van der Waals surface area contributed by atoms with E-state index >= 15 is 0 Å². The maximum Gasteiger partial charge on any atom is 0.177 e. The number of aromatic nitrogens is 4. The van der Waals surface area contributed by atoms with Crippen LogP contribution in [0.4, 0.5) is 0 Å². The molecule has 0 aromatic carbocycles. The van der Waals surface area contributed by atoms with Crippen LogP contribution in [0.15, 0.2) is 9.37 Å². The molecule has 0 amide bonds. The fourth-order valence-corrected chi connectivity index (χ4v) is 2.99. The van der Waals surface area contributed by atoms with E-state index in [1.54, 1.807) is 0 Å². The van der Waals surface area contributed by atoms with Crippen molar-refractivity contribution >= 4 is 46.6 Å². The lowest BCUT2D eigenvalue weighted by atomic mass is 10.8. The first-order valence-corrected chi connectivity index (χ1v) is 5.92. The number of hydrogen-bond donors (Lipinski definition) is 0. The third-order valence-electron chi connectivity index (χ3n) is 1.11. The molecule has 0 radical (unpaired) electrons. The summed E-state index contributed by atoms with van der Waals surface area (Å²) in [5, 5.41) is 1.13. The van der Waals surface area contributed by atoms with Gasteiger partial charge in [-0.05, 0) is 30.2 Å². The zero-order chi connectivity index (χ0) is 9.26. The molecule has 0 aliphatic rings. The molecule has 0 N–H and O–H groups in total. The second kappa shape index (κ2) is 3.87. The van der Waals surface area contributed by atoms with Crippen LogP contribution in [0.1, 0.15) is 5.82 Å². The van der Waals surface area contributed by atoms with Crippen molar-refractivity contribution in [1.82, 2.24) is 18.1 Å². The Morgan fingerprint density at radius 1 is 1.31 bits per heavy atom. The fourth-order valence-electron chi connectivity index (χ4n) is 0.633. The average Bonchev–Trinajstić information content (AvgIpc) is 2.64. The number of halogens is 1. The highest BCUT2D eigenvalue weighted by Crippen LogP contribution is 2.32. The van der Waals surface area contributed by atoms with Crippen molar-refractivity contribution in [3.63, 3.8) is 0 Å². The summed E-state index contributed by atoms with van der Waals surface area (Å²) in [6.07, 6.45) is 0. The molecule has 2 aromatic rings. The van der Waals surface area contributed by atoms with Crippen molar-refractivity contribution in [2.75, 3.05) is 0 Å². The van der Waals surface area contributed by atoms with E-state index in [0.717, 1.165) is 21.9 Å². The lowest BCUT2D eigenvalue weighted by molar-refractivity contribution is 1.10. The molecule has 0 aliphatic heterocycles. The summed E-state index contributed by atoms with van der Waals surface area (Å²) in [6, 6.07) is 0. The predicted octanol–water partition coefficient (Wildman–Crippen LogP) is 2.50. The summed E-state index contributed by atoms with van der Waals surface area (Å²) in [6.45, 7) is 1.85. The molecular weight excluding hydrogens is 248 g/mol. The molecule has 2 aromatic heterocycles. The van der Waals surface area contributed by atoms with Crippen LogP contribution in [0, 0.1) is 6.92 Å². The van der Waals surface area contributed by atoms with E-state index in [-0.39, 0.29) is 0 Å². The Bertz CT molecular complexity index is 411. The second-order valence-electron chi connectivity index (χ2n) is 2.07. The smallest absolute Gasteiger partial charge is 0.177 e. The van der Waals surface area contributed by atoms with E-state index in [0.29, 0.717) is 10.2 Å². The largest absolute Gasteiger partial charge is 0.213 e. The standard InChI is InChI=1S/C5H3ClN4S3/c1-2-7-5(12-8-2)11-4-3(6)9-13-10-4/h1H3. The Labute approximate surface area is 91.9 Å². The number of aryl methyl sites for hydroxylation is 1. The number of nitrogens with zero attached hydrogens (tertiary/aromatic N) is 4. The van der Waals surface area contributed by atoms with Gasteiger partial charge in [-0.3, -0.25) is 0 Å². The first-order valence-electron chi connectivity index (χ1n) is 3.22. The summed E-state index contributed by atoms with van der Waals surface area (Å²) in [5.74, 6) is 0.770. The van der Waals surface area contributed by atoms with Gasteiger partial charge in [-0.15, -0.1) is 0 Å². The van der Waals surface area contributed by atoms with Gasteiger partial charge in [0.15, 0.2) is 14.5 Å². The van der Waals surface area contributed by atoms with E-state index in [4.69, 9.17) is 11.6 Å². The normalized spacial score (nSPS) is 10.6. The summed E-state index contributed by atoms with van der Waals surface area (Å²) >= 11 is 9.59. The summed E-state index contributed by atoms with van der Waals surface area (Å²) < 4.78 is 12.8. The maximum atomic E-state index is 5.77. The highest BCUT2D eigenvalue weighted by atomic mass is 35.5. The van der Waals surface area contributed by atoms with Gasteiger partial charge in [0, 0.05) is 0 Å². The van der Waals surface area contributed by atoms with Crippen LogP contribution in [0.25, 0.3) is 0 Å². The van der Waals surface area contributed by atoms with Crippen LogP contribution >= 0.6 is 46.6 Å². The van der Waals surface area contributed by atoms with Gasteiger partial charge < -0.3 is 0 Å². The predicted molar refractivity (Wildman–Crippen MR) is 53.7 cm³/mol. The Morgan fingerprint density at radius 2 is 2.15 bits per heavy atom. The lowest BCUT2D eigenvalue weighted by Crippen LogP contribution is -1.74. The second-order valence-corrected chi connectivity index (χ2v) is 4.94. The average molecular weight is 251 g/mol. The fraction of sp³-hybridized carbons (Fsp3) is 0.200. The molecule has 0 bridgehead atoms. The molecule has 0 saturated heterocycles. The van der Waals surface area contributed by atoms with Gasteiger partial charge >= 0.3 is 0 Å². The van der Waals surface area contributed by atoms with Gasteiger partial charge in [-0.1, -0.05) is 11.6 Å². The maximum absolute atomic E-state index is 5.77. The topological polar surface area (TPSA) is 51.6 Å². The third-order valence-corrected chi connectivity index (χ3v) is 4.05. The molecule has 0 fully saturated rings. The van der Waals surface area contributed by atoms with Crippen molar-refractivity contribution in [2.45, 2.75) is 16.3 Å². The van der Waals surface area contributed by atoms with E-state index in [1.165, 1.54) is 23.3 Å². The molecule has 4 nitrogen and oxygen atoms in total. The SMILES string of the molecule is Cc1nsc(Sc2nsnc2Cl)n1. The van der Waals surface area contributed by atoms with Crippen molar-refractivity contribution in [3.05, 3.63) is 11.0 Å². The molecule has 0 atom stereocenters. The number of hydrogen-bond acceptors (Lipinski definition) is 7. The minimum absolute atomic E-state index is 0.433. The van der Waals surface area contributed by atoms with Crippen LogP contribution in [0.5, 0.6) is 0 Å². The Kier molecular flexibility index (Phi) is 2.77. The molecule has 0 unspecified atom stereocenters. The molecular formula is C5H3ClN4S3. The molecule has 68 valence electrons. The Morgan fingerprint density at radius 3 is 2.69 bits per heavy atom. The lowest BCUT2D eigenvalue weighted by Gasteiger charge is -1.87. The zero-order valence-electron chi connectivity index (χ0n) is 6.39. The Balaban J connectivity index is 2.19. The third kappa shape index (κ3) is 2.16. The highest BCUT2D eigenvalue weighted by Gasteiger charge is 2.10. The van der Waals surface area contributed by atoms with Gasteiger partial charge in [-0.25, -0.2) is 4.98 Å².